The molecule has 0 saturated carbocycles. The van der Waals surface area contributed by atoms with Crippen LogP contribution in [0.25, 0.3) is 0 Å². The Hall–Kier alpha value is -1.53. The van der Waals surface area contributed by atoms with Crippen molar-refractivity contribution in [2.75, 3.05) is 13.7 Å². The zero-order valence-electron chi connectivity index (χ0n) is 10.8. The molecular formula is C14H20N2O. The van der Waals surface area contributed by atoms with Gasteiger partial charge in [0.05, 0.1) is 13.2 Å². The predicted molar refractivity (Wildman–Crippen MR) is 69.0 cm³/mol. The second kappa shape index (κ2) is 6.27. The lowest BCUT2D eigenvalue weighted by molar-refractivity contribution is 0.414. The molecule has 0 heterocycles. The van der Waals surface area contributed by atoms with Crippen LogP contribution >= 0.6 is 0 Å². The van der Waals surface area contributed by atoms with Crippen LogP contribution in [0.4, 0.5) is 0 Å². The van der Waals surface area contributed by atoms with Gasteiger partial charge in [-0.05, 0) is 44.0 Å². The number of benzene rings is 1. The van der Waals surface area contributed by atoms with Gasteiger partial charge in [-0.25, -0.2) is 0 Å². The SMILES string of the molecule is CCNC(C)(C#N)CCc1ccc(OC)cc1. The molecule has 3 heteroatoms. The first-order valence-corrected chi connectivity index (χ1v) is 5.93. The maximum Gasteiger partial charge on any atom is 0.118 e. The summed E-state index contributed by atoms with van der Waals surface area (Å²) in [4.78, 5) is 0. The summed E-state index contributed by atoms with van der Waals surface area (Å²) in [7, 11) is 1.66. The zero-order chi connectivity index (χ0) is 12.7. The number of methoxy groups -OCH3 is 1. The van der Waals surface area contributed by atoms with Crippen molar-refractivity contribution in [3.63, 3.8) is 0 Å². The van der Waals surface area contributed by atoms with Crippen molar-refractivity contribution in [2.24, 2.45) is 0 Å². The largest absolute Gasteiger partial charge is 0.497 e. The maximum atomic E-state index is 9.14. The minimum atomic E-state index is -0.436. The van der Waals surface area contributed by atoms with Crippen molar-refractivity contribution < 1.29 is 4.74 Å². The van der Waals surface area contributed by atoms with Gasteiger partial charge >= 0.3 is 0 Å². The predicted octanol–water partition coefficient (Wildman–Crippen LogP) is 2.52. The Morgan fingerprint density at radius 2 is 2.00 bits per heavy atom. The van der Waals surface area contributed by atoms with E-state index in [0.29, 0.717) is 0 Å². The first kappa shape index (κ1) is 13.5. The van der Waals surface area contributed by atoms with E-state index in [-0.39, 0.29) is 0 Å². The third-order valence-corrected chi connectivity index (χ3v) is 2.89. The molecule has 17 heavy (non-hydrogen) atoms. The highest BCUT2D eigenvalue weighted by atomic mass is 16.5. The third kappa shape index (κ3) is 4.08. The average Bonchev–Trinajstić information content (AvgIpc) is 2.37. The molecule has 1 aromatic rings. The molecule has 0 amide bonds. The molecular weight excluding hydrogens is 212 g/mol. The molecule has 1 rings (SSSR count). The van der Waals surface area contributed by atoms with E-state index in [0.717, 1.165) is 25.1 Å². The van der Waals surface area contributed by atoms with Gasteiger partial charge in [0, 0.05) is 0 Å². The van der Waals surface area contributed by atoms with Crippen LogP contribution in [0.2, 0.25) is 0 Å². The van der Waals surface area contributed by atoms with Gasteiger partial charge in [0.2, 0.25) is 0 Å². The van der Waals surface area contributed by atoms with Crippen LogP contribution in [-0.4, -0.2) is 19.2 Å². The fourth-order valence-corrected chi connectivity index (χ4v) is 1.76. The Morgan fingerprint density at radius 3 is 2.47 bits per heavy atom. The normalized spacial score (nSPS) is 13.8. The number of ether oxygens (including phenoxy) is 1. The summed E-state index contributed by atoms with van der Waals surface area (Å²) in [5, 5.41) is 12.4. The van der Waals surface area contributed by atoms with Crippen LogP contribution in [0.1, 0.15) is 25.8 Å². The number of nitriles is 1. The monoisotopic (exact) mass is 232 g/mol. The van der Waals surface area contributed by atoms with Crippen LogP contribution in [0.15, 0.2) is 24.3 Å². The fourth-order valence-electron chi connectivity index (χ4n) is 1.76. The Balaban J connectivity index is 2.57. The van der Waals surface area contributed by atoms with Crippen molar-refractivity contribution in [3.8, 4) is 11.8 Å². The van der Waals surface area contributed by atoms with E-state index in [1.165, 1.54) is 5.56 Å². The van der Waals surface area contributed by atoms with Gasteiger partial charge in [-0.1, -0.05) is 19.1 Å². The quantitative estimate of drug-likeness (QED) is 0.819. The molecule has 0 aromatic heterocycles. The second-order valence-corrected chi connectivity index (χ2v) is 4.32. The van der Waals surface area contributed by atoms with E-state index in [1.54, 1.807) is 7.11 Å². The van der Waals surface area contributed by atoms with E-state index in [4.69, 9.17) is 10.00 Å². The number of nitrogens with one attached hydrogen (secondary N) is 1. The van der Waals surface area contributed by atoms with Gasteiger partial charge in [0.15, 0.2) is 0 Å². The second-order valence-electron chi connectivity index (χ2n) is 4.32. The summed E-state index contributed by atoms with van der Waals surface area (Å²) in [6.07, 6.45) is 1.70. The highest BCUT2D eigenvalue weighted by molar-refractivity contribution is 5.27. The summed E-state index contributed by atoms with van der Waals surface area (Å²) in [5.74, 6) is 0.864. The van der Waals surface area contributed by atoms with Gasteiger partial charge in [0.25, 0.3) is 0 Å². The molecule has 0 spiro atoms. The molecule has 0 aliphatic carbocycles. The van der Waals surface area contributed by atoms with Crippen LogP contribution in [0.5, 0.6) is 5.75 Å². The smallest absolute Gasteiger partial charge is 0.118 e. The number of nitrogens with zero attached hydrogens (tertiary/aromatic N) is 1. The van der Waals surface area contributed by atoms with E-state index in [9.17, 15) is 0 Å². The molecule has 0 aliphatic rings. The summed E-state index contributed by atoms with van der Waals surface area (Å²) in [6, 6.07) is 10.3. The molecule has 0 radical (unpaired) electrons. The highest BCUT2D eigenvalue weighted by Crippen LogP contribution is 2.16. The number of aryl methyl sites for hydroxylation is 1. The van der Waals surface area contributed by atoms with E-state index >= 15 is 0 Å². The molecule has 0 aliphatic heterocycles. The topological polar surface area (TPSA) is 45.0 Å². The number of rotatable bonds is 6. The van der Waals surface area contributed by atoms with Gasteiger partial charge in [-0.3, -0.25) is 5.32 Å². The average molecular weight is 232 g/mol. The molecule has 1 aromatic carbocycles. The van der Waals surface area contributed by atoms with Gasteiger partial charge in [-0.2, -0.15) is 5.26 Å². The Kier molecular flexibility index (Phi) is 4.99. The minimum absolute atomic E-state index is 0.436. The molecule has 92 valence electrons. The van der Waals surface area contributed by atoms with Gasteiger partial charge in [0.1, 0.15) is 11.3 Å². The first-order chi connectivity index (χ1) is 8.13. The van der Waals surface area contributed by atoms with Crippen molar-refractivity contribution in [1.82, 2.24) is 5.32 Å². The molecule has 3 nitrogen and oxygen atoms in total. The zero-order valence-corrected chi connectivity index (χ0v) is 10.8. The Morgan fingerprint density at radius 1 is 1.35 bits per heavy atom. The summed E-state index contributed by atoms with van der Waals surface area (Å²) in [5.41, 5.74) is 0.791. The van der Waals surface area contributed by atoms with Gasteiger partial charge < -0.3 is 4.74 Å². The van der Waals surface area contributed by atoms with E-state index in [1.807, 2.05) is 38.1 Å². The van der Waals surface area contributed by atoms with Crippen molar-refractivity contribution in [1.29, 1.82) is 5.26 Å². The first-order valence-electron chi connectivity index (χ1n) is 5.93. The molecule has 0 saturated heterocycles. The Bertz CT molecular complexity index is 380. The minimum Gasteiger partial charge on any atom is -0.497 e. The number of hydrogen-bond donors (Lipinski definition) is 1. The van der Waals surface area contributed by atoms with E-state index in [2.05, 4.69) is 11.4 Å². The van der Waals surface area contributed by atoms with Crippen LogP contribution < -0.4 is 10.1 Å². The Labute approximate surface area is 103 Å². The molecule has 1 unspecified atom stereocenters. The lowest BCUT2D eigenvalue weighted by Gasteiger charge is -2.22. The summed E-state index contributed by atoms with van der Waals surface area (Å²) >= 11 is 0. The molecule has 1 atom stereocenters. The van der Waals surface area contributed by atoms with E-state index < -0.39 is 5.54 Å². The molecule has 0 bridgehead atoms. The van der Waals surface area contributed by atoms with Gasteiger partial charge in [-0.15, -0.1) is 0 Å². The van der Waals surface area contributed by atoms with Crippen molar-refractivity contribution in [3.05, 3.63) is 29.8 Å². The van der Waals surface area contributed by atoms with Crippen LogP contribution in [-0.2, 0) is 6.42 Å². The lowest BCUT2D eigenvalue weighted by atomic mass is 9.94. The molecule has 0 fully saturated rings. The summed E-state index contributed by atoms with van der Waals surface area (Å²) < 4.78 is 5.11. The van der Waals surface area contributed by atoms with Crippen molar-refractivity contribution >= 4 is 0 Å². The summed E-state index contributed by atoms with van der Waals surface area (Å²) in [6.45, 7) is 4.77. The highest BCUT2D eigenvalue weighted by Gasteiger charge is 2.21. The van der Waals surface area contributed by atoms with Crippen LogP contribution in [0, 0.1) is 11.3 Å². The third-order valence-electron chi connectivity index (χ3n) is 2.89. The number of hydrogen-bond acceptors (Lipinski definition) is 3. The standard InChI is InChI=1S/C14H20N2O/c1-4-16-14(2,11-15)10-9-12-5-7-13(17-3)8-6-12/h5-8,16H,4,9-10H2,1-3H3. The maximum absolute atomic E-state index is 9.14. The van der Waals surface area contributed by atoms with Crippen LogP contribution in [0.3, 0.4) is 0 Å². The molecule has 1 N–H and O–H groups in total. The van der Waals surface area contributed by atoms with Crippen molar-refractivity contribution in [2.45, 2.75) is 32.2 Å². The fraction of sp³-hybridized carbons (Fsp3) is 0.500. The lowest BCUT2D eigenvalue weighted by Crippen LogP contribution is -2.41.